The molecule has 18 heavy (non-hydrogen) atoms. The van der Waals surface area contributed by atoms with Crippen molar-refractivity contribution in [2.45, 2.75) is 39.2 Å². The van der Waals surface area contributed by atoms with E-state index in [0.717, 1.165) is 30.7 Å². The van der Waals surface area contributed by atoms with Crippen LogP contribution >= 0.6 is 0 Å². The molecule has 0 fully saturated rings. The van der Waals surface area contributed by atoms with Crippen molar-refractivity contribution in [3.8, 4) is 11.5 Å². The summed E-state index contributed by atoms with van der Waals surface area (Å²) in [6, 6.07) is 5.96. The smallest absolute Gasteiger partial charge is 0.227 e. The van der Waals surface area contributed by atoms with E-state index in [1.54, 1.807) is 0 Å². The zero-order valence-corrected chi connectivity index (χ0v) is 10.8. The highest BCUT2D eigenvalue weighted by Gasteiger charge is 2.09. The van der Waals surface area contributed by atoms with Crippen LogP contribution in [0.2, 0.25) is 0 Å². The fraction of sp³-hybridized carbons (Fsp3) is 0.462. The van der Waals surface area contributed by atoms with E-state index in [9.17, 15) is 0 Å². The molecule has 0 saturated heterocycles. The second kappa shape index (κ2) is 5.73. The monoisotopic (exact) mass is 246 g/mol. The Morgan fingerprint density at radius 3 is 2.89 bits per heavy atom. The van der Waals surface area contributed by atoms with Crippen LogP contribution in [-0.2, 0) is 6.42 Å². The molecule has 0 amide bonds. The molecule has 0 aliphatic carbocycles. The Labute approximate surface area is 106 Å². The van der Waals surface area contributed by atoms with E-state index >= 15 is 0 Å². The number of nitrogens with two attached hydrogens (primary N) is 1. The van der Waals surface area contributed by atoms with Gasteiger partial charge in [-0.25, -0.2) is 4.98 Å². The van der Waals surface area contributed by atoms with Gasteiger partial charge in [0.15, 0.2) is 0 Å². The van der Waals surface area contributed by atoms with Gasteiger partial charge in [0.05, 0.1) is 0 Å². The number of aromatic nitrogens is 3. The zero-order valence-electron chi connectivity index (χ0n) is 10.8. The molecule has 0 saturated carbocycles. The molecule has 0 aromatic carbocycles. The van der Waals surface area contributed by atoms with Crippen LogP contribution in [0.1, 0.15) is 31.4 Å². The summed E-state index contributed by atoms with van der Waals surface area (Å²) in [7, 11) is 0. The zero-order chi connectivity index (χ0) is 13.0. The van der Waals surface area contributed by atoms with Crippen LogP contribution in [0.3, 0.4) is 0 Å². The summed E-state index contributed by atoms with van der Waals surface area (Å²) in [5.74, 6) is 1.20. The molecule has 1 atom stereocenters. The summed E-state index contributed by atoms with van der Waals surface area (Å²) in [5.41, 5.74) is 7.38. The average molecular weight is 246 g/mol. The maximum Gasteiger partial charge on any atom is 0.227 e. The van der Waals surface area contributed by atoms with Gasteiger partial charge in [0.1, 0.15) is 5.69 Å². The number of hydrogen-bond donors (Lipinski definition) is 1. The lowest BCUT2D eigenvalue weighted by Crippen LogP contribution is -2.14. The van der Waals surface area contributed by atoms with Gasteiger partial charge in [0, 0.05) is 18.2 Å². The van der Waals surface area contributed by atoms with Crippen molar-refractivity contribution in [2.75, 3.05) is 0 Å². The molecule has 1 unspecified atom stereocenters. The van der Waals surface area contributed by atoms with Gasteiger partial charge in [-0.15, -0.1) is 0 Å². The average Bonchev–Trinajstić information content (AvgIpc) is 2.77. The third kappa shape index (κ3) is 3.37. The molecule has 2 heterocycles. The minimum atomic E-state index is 0.214. The Morgan fingerprint density at radius 2 is 2.17 bits per heavy atom. The number of nitrogens with zero attached hydrogens (tertiary/aromatic N) is 3. The summed E-state index contributed by atoms with van der Waals surface area (Å²) < 4.78 is 5.20. The lowest BCUT2D eigenvalue weighted by molar-refractivity contribution is 0.373. The van der Waals surface area contributed by atoms with Crippen molar-refractivity contribution in [3.63, 3.8) is 0 Å². The molecule has 0 aliphatic heterocycles. The summed E-state index contributed by atoms with van der Waals surface area (Å²) in [6.07, 6.45) is 2.68. The summed E-state index contributed by atoms with van der Waals surface area (Å²) in [4.78, 5) is 8.70. The van der Waals surface area contributed by atoms with E-state index in [0.29, 0.717) is 11.7 Å². The molecular formula is C13H18N4O. The van der Waals surface area contributed by atoms with Gasteiger partial charge in [-0.3, -0.25) is 0 Å². The van der Waals surface area contributed by atoms with Crippen LogP contribution in [0.4, 0.5) is 0 Å². The minimum Gasteiger partial charge on any atom is -0.339 e. The van der Waals surface area contributed by atoms with Gasteiger partial charge in [0.2, 0.25) is 11.7 Å². The fourth-order valence-electron chi connectivity index (χ4n) is 1.70. The van der Waals surface area contributed by atoms with Gasteiger partial charge in [-0.1, -0.05) is 11.2 Å². The topological polar surface area (TPSA) is 77.8 Å². The van der Waals surface area contributed by atoms with Crippen LogP contribution in [-0.4, -0.2) is 21.2 Å². The molecule has 0 aliphatic rings. The number of pyridine rings is 1. The van der Waals surface area contributed by atoms with E-state index in [1.807, 2.05) is 32.0 Å². The van der Waals surface area contributed by atoms with Crippen LogP contribution in [0, 0.1) is 6.92 Å². The van der Waals surface area contributed by atoms with Crippen LogP contribution in [0.25, 0.3) is 11.5 Å². The largest absolute Gasteiger partial charge is 0.339 e. The normalized spacial score (nSPS) is 12.6. The molecule has 0 bridgehead atoms. The molecule has 2 aromatic rings. The van der Waals surface area contributed by atoms with Gasteiger partial charge >= 0.3 is 0 Å². The van der Waals surface area contributed by atoms with Gasteiger partial charge in [-0.2, -0.15) is 4.98 Å². The highest BCUT2D eigenvalue weighted by Crippen LogP contribution is 2.14. The van der Waals surface area contributed by atoms with Crippen LogP contribution in [0.5, 0.6) is 0 Å². The molecule has 96 valence electrons. The molecule has 5 nitrogen and oxygen atoms in total. The van der Waals surface area contributed by atoms with Crippen molar-refractivity contribution < 1.29 is 4.52 Å². The first-order valence-electron chi connectivity index (χ1n) is 6.17. The summed E-state index contributed by atoms with van der Waals surface area (Å²) >= 11 is 0. The maximum absolute atomic E-state index is 5.69. The Kier molecular flexibility index (Phi) is 4.04. The van der Waals surface area contributed by atoms with Crippen molar-refractivity contribution in [1.82, 2.24) is 15.1 Å². The van der Waals surface area contributed by atoms with Crippen molar-refractivity contribution >= 4 is 0 Å². The molecule has 0 radical (unpaired) electrons. The summed E-state index contributed by atoms with van der Waals surface area (Å²) in [5, 5.41) is 3.95. The molecule has 5 heteroatoms. The Hall–Kier alpha value is -1.75. The standard InChI is InChI=1S/C13H18N4O/c1-9(14)5-3-8-12-16-13(17-18-12)11-7-4-6-10(2)15-11/h4,6-7,9H,3,5,8,14H2,1-2H3. The van der Waals surface area contributed by atoms with Crippen LogP contribution < -0.4 is 5.73 Å². The Bertz CT molecular complexity index is 507. The predicted octanol–water partition coefficient (Wildman–Crippen LogP) is 2.11. The SMILES string of the molecule is Cc1cccc(-c2noc(CCCC(C)N)n2)n1. The van der Waals surface area contributed by atoms with Gasteiger partial charge in [0.25, 0.3) is 0 Å². The molecule has 2 aromatic heterocycles. The first kappa shape index (κ1) is 12.7. The van der Waals surface area contributed by atoms with Gasteiger partial charge in [-0.05, 0) is 38.8 Å². The van der Waals surface area contributed by atoms with E-state index in [4.69, 9.17) is 10.3 Å². The first-order valence-corrected chi connectivity index (χ1v) is 6.17. The second-order valence-electron chi connectivity index (χ2n) is 4.55. The lowest BCUT2D eigenvalue weighted by atomic mass is 10.1. The number of aryl methyl sites for hydroxylation is 2. The number of rotatable bonds is 5. The molecule has 0 spiro atoms. The highest BCUT2D eigenvalue weighted by atomic mass is 16.5. The Morgan fingerprint density at radius 1 is 1.33 bits per heavy atom. The van der Waals surface area contributed by atoms with E-state index in [-0.39, 0.29) is 6.04 Å². The first-order chi connectivity index (χ1) is 8.65. The maximum atomic E-state index is 5.69. The highest BCUT2D eigenvalue weighted by molar-refractivity contribution is 5.47. The summed E-state index contributed by atoms with van der Waals surface area (Å²) in [6.45, 7) is 3.93. The quantitative estimate of drug-likeness (QED) is 0.874. The molecular weight excluding hydrogens is 228 g/mol. The van der Waals surface area contributed by atoms with Crippen LogP contribution in [0.15, 0.2) is 22.7 Å². The van der Waals surface area contributed by atoms with E-state index in [1.165, 1.54) is 0 Å². The van der Waals surface area contributed by atoms with E-state index < -0.39 is 0 Å². The predicted molar refractivity (Wildman–Crippen MR) is 68.9 cm³/mol. The number of hydrogen-bond acceptors (Lipinski definition) is 5. The molecule has 2 N–H and O–H groups in total. The fourth-order valence-corrected chi connectivity index (χ4v) is 1.70. The van der Waals surface area contributed by atoms with Crippen molar-refractivity contribution in [1.29, 1.82) is 0 Å². The minimum absolute atomic E-state index is 0.214. The molecule has 2 rings (SSSR count). The van der Waals surface area contributed by atoms with Crippen molar-refractivity contribution in [3.05, 3.63) is 29.8 Å². The second-order valence-corrected chi connectivity index (χ2v) is 4.55. The van der Waals surface area contributed by atoms with E-state index in [2.05, 4.69) is 15.1 Å². The Balaban J connectivity index is 2.02. The third-order valence-electron chi connectivity index (χ3n) is 2.64. The third-order valence-corrected chi connectivity index (χ3v) is 2.64. The van der Waals surface area contributed by atoms with Gasteiger partial charge < -0.3 is 10.3 Å². The van der Waals surface area contributed by atoms with Crippen molar-refractivity contribution in [2.24, 2.45) is 5.73 Å². The lowest BCUT2D eigenvalue weighted by Gasteiger charge is -2.00.